The molecule has 1 aromatic carbocycles. The maximum atomic E-state index is 13.9. The number of carboxylic acids is 1. The number of carbonyl (C=O) groups is 1. The first-order chi connectivity index (χ1) is 8.09. The lowest BCUT2D eigenvalue weighted by molar-refractivity contribution is -0.154. The Kier molecular flexibility index (Phi) is 3.05. The summed E-state index contributed by atoms with van der Waals surface area (Å²) in [6.07, 6.45) is 2.39. The fourth-order valence-electron chi connectivity index (χ4n) is 2.28. The number of ether oxygens (including phenoxy) is 1. The largest absolute Gasteiger partial charge is 0.494 e. The molecule has 3 nitrogen and oxygen atoms in total. The lowest BCUT2D eigenvalue weighted by atomic mass is 9.65. The number of methoxy groups -OCH3 is 1. The van der Waals surface area contributed by atoms with E-state index in [-0.39, 0.29) is 12.2 Å². The van der Waals surface area contributed by atoms with Crippen molar-refractivity contribution in [3.05, 3.63) is 29.6 Å². The molecule has 1 fully saturated rings. The number of carboxylic acid groups (broad SMARTS) is 1. The van der Waals surface area contributed by atoms with Gasteiger partial charge in [-0.3, -0.25) is 4.79 Å². The van der Waals surface area contributed by atoms with Crippen LogP contribution in [0.1, 0.15) is 24.8 Å². The van der Waals surface area contributed by atoms with Gasteiger partial charge in [-0.15, -0.1) is 0 Å². The maximum absolute atomic E-state index is 13.9. The van der Waals surface area contributed by atoms with Crippen molar-refractivity contribution in [2.75, 3.05) is 7.11 Å². The first-order valence-corrected chi connectivity index (χ1v) is 5.64. The van der Waals surface area contributed by atoms with Crippen molar-refractivity contribution in [3.8, 4) is 5.75 Å². The normalized spacial score (nSPS) is 17.3. The van der Waals surface area contributed by atoms with Gasteiger partial charge >= 0.3 is 5.97 Å². The van der Waals surface area contributed by atoms with Crippen LogP contribution in [0.5, 0.6) is 5.75 Å². The molecule has 1 N–H and O–H groups in total. The molecule has 1 aliphatic rings. The second-order valence-electron chi connectivity index (χ2n) is 4.55. The fourth-order valence-corrected chi connectivity index (χ4v) is 2.28. The highest BCUT2D eigenvalue weighted by Gasteiger charge is 2.44. The SMILES string of the molecule is COc1cccc(CC2(C(=O)O)CCC2)c1F. The maximum Gasteiger partial charge on any atom is 0.309 e. The Balaban J connectivity index is 2.27. The Labute approximate surface area is 99.2 Å². The third kappa shape index (κ3) is 1.99. The molecule has 0 saturated heterocycles. The molecule has 0 aromatic heterocycles. The third-order valence-electron chi connectivity index (χ3n) is 3.56. The van der Waals surface area contributed by atoms with Crippen molar-refractivity contribution in [2.45, 2.75) is 25.7 Å². The number of hydrogen-bond acceptors (Lipinski definition) is 2. The molecule has 2 rings (SSSR count). The number of benzene rings is 1. The van der Waals surface area contributed by atoms with E-state index in [1.54, 1.807) is 12.1 Å². The minimum absolute atomic E-state index is 0.169. The number of halogens is 1. The average molecular weight is 238 g/mol. The summed E-state index contributed by atoms with van der Waals surface area (Å²) in [5.41, 5.74) is -0.348. The van der Waals surface area contributed by atoms with Crippen molar-refractivity contribution in [2.24, 2.45) is 5.41 Å². The molecule has 1 saturated carbocycles. The van der Waals surface area contributed by atoms with Gasteiger partial charge in [0.05, 0.1) is 12.5 Å². The van der Waals surface area contributed by atoms with Gasteiger partial charge in [0.1, 0.15) is 0 Å². The standard InChI is InChI=1S/C13H15FO3/c1-17-10-5-2-4-9(11(10)14)8-13(12(15)16)6-3-7-13/h2,4-5H,3,6-8H2,1H3,(H,15,16). The van der Waals surface area contributed by atoms with Crippen LogP contribution in [0, 0.1) is 11.2 Å². The van der Waals surface area contributed by atoms with Gasteiger partial charge in [0.25, 0.3) is 0 Å². The van der Waals surface area contributed by atoms with Crippen molar-refractivity contribution < 1.29 is 19.0 Å². The van der Waals surface area contributed by atoms with Crippen molar-refractivity contribution in [1.82, 2.24) is 0 Å². The predicted octanol–water partition coefficient (Wildman–Crippen LogP) is 2.63. The molecule has 17 heavy (non-hydrogen) atoms. The Hall–Kier alpha value is -1.58. The van der Waals surface area contributed by atoms with Crippen LogP contribution >= 0.6 is 0 Å². The van der Waals surface area contributed by atoms with E-state index in [1.165, 1.54) is 13.2 Å². The summed E-state index contributed by atoms with van der Waals surface area (Å²) in [4.78, 5) is 11.2. The van der Waals surface area contributed by atoms with Crippen LogP contribution in [-0.4, -0.2) is 18.2 Å². The average Bonchev–Trinajstić information content (AvgIpc) is 2.25. The van der Waals surface area contributed by atoms with E-state index in [2.05, 4.69) is 0 Å². The van der Waals surface area contributed by atoms with E-state index in [4.69, 9.17) is 4.74 Å². The second-order valence-corrected chi connectivity index (χ2v) is 4.55. The van der Waals surface area contributed by atoms with E-state index < -0.39 is 17.2 Å². The third-order valence-corrected chi connectivity index (χ3v) is 3.56. The molecular weight excluding hydrogens is 223 g/mol. The van der Waals surface area contributed by atoms with Crippen LogP contribution in [0.2, 0.25) is 0 Å². The molecular formula is C13H15FO3. The van der Waals surface area contributed by atoms with E-state index in [1.807, 2.05) is 0 Å². The molecule has 1 aliphatic carbocycles. The molecule has 0 atom stereocenters. The molecule has 0 spiro atoms. The number of aliphatic carboxylic acids is 1. The zero-order valence-corrected chi connectivity index (χ0v) is 9.70. The summed E-state index contributed by atoms with van der Waals surface area (Å²) >= 11 is 0. The summed E-state index contributed by atoms with van der Waals surface area (Å²) < 4.78 is 18.8. The Bertz CT molecular complexity index is 438. The van der Waals surface area contributed by atoms with Crippen molar-refractivity contribution in [3.63, 3.8) is 0 Å². The summed E-state index contributed by atoms with van der Waals surface area (Å²) in [7, 11) is 1.40. The summed E-state index contributed by atoms with van der Waals surface area (Å²) in [6.45, 7) is 0. The highest BCUT2D eigenvalue weighted by Crippen LogP contribution is 2.44. The topological polar surface area (TPSA) is 46.5 Å². The molecule has 4 heteroatoms. The van der Waals surface area contributed by atoms with Crippen LogP contribution in [0.15, 0.2) is 18.2 Å². The van der Waals surface area contributed by atoms with Gasteiger partial charge in [-0.25, -0.2) is 4.39 Å². The Morgan fingerprint density at radius 2 is 2.24 bits per heavy atom. The van der Waals surface area contributed by atoms with E-state index in [0.29, 0.717) is 18.4 Å². The Morgan fingerprint density at radius 1 is 1.53 bits per heavy atom. The van der Waals surface area contributed by atoms with Crippen LogP contribution in [0.3, 0.4) is 0 Å². The van der Waals surface area contributed by atoms with Gasteiger partial charge in [-0.1, -0.05) is 18.6 Å². The second kappa shape index (κ2) is 4.35. The molecule has 0 radical (unpaired) electrons. The molecule has 0 amide bonds. The summed E-state index contributed by atoms with van der Waals surface area (Å²) in [5.74, 6) is -1.10. The van der Waals surface area contributed by atoms with Gasteiger partial charge in [0.2, 0.25) is 0 Å². The number of rotatable bonds is 4. The van der Waals surface area contributed by atoms with Gasteiger partial charge in [0, 0.05) is 0 Å². The first kappa shape index (κ1) is 11.9. The molecule has 1 aromatic rings. The van der Waals surface area contributed by atoms with Crippen LogP contribution < -0.4 is 4.74 Å². The summed E-state index contributed by atoms with van der Waals surface area (Å²) in [6, 6.07) is 4.85. The van der Waals surface area contributed by atoms with Gasteiger partial charge in [-0.2, -0.15) is 0 Å². The van der Waals surface area contributed by atoms with Crippen LogP contribution in [-0.2, 0) is 11.2 Å². The minimum atomic E-state index is -0.828. The van der Waals surface area contributed by atoms with Crippen LogP contribution in [0.25, 0.3) is 0 Å². The van der Waals surface area contributed by atoms with Crippen LogP contribution in [0.4, 0.5) is 4.39 Å². The van der Waals surface area contributed by atoms with E-state index in [9.17, 15) is 14.3 Å². The highest BCUT2D eigenvalue weighted by molar-refractivity contribution is 5.76. The van der Waals surface area contributed by atoms with Gasteiger partial charge in [0.15, 0.2) is 11.6 Å². The quantitative estimate of drug-likeness (QED) is 0.877. The smallest absolute Gasteiger partial charge is 0.309 e. The van der Waals surface area contributed by atoms with E-state index in [0.717, 1.165) is 6.42 Å². The monoisotopic (exact) mass is 238 g/mol. The zero-order chi connectivity index (χ0) is 12.5. The van der Waals surface area contributed by atoms with Crippen molar-refractivity contribution >= 4 is 5.97 Å². The minimum Gasteiger partial charge on any atom is -0.494 e. The molecule has 92 valence electrons. The van der Waals surface area contributed by atoms with Gasteiger partial charge in [-0.05, 0) is 30.9 Å². The highest BCUT2D eigenvalue weighted by atomic mass is 19.1. The Morgan fingerprint density at radius 3 is 2.71 bits per heavy atom. The molecule has 0 heterocycles. The predicted molar refractivity (Wildman–Crippen MR) is 60.6 cm³/mol. The lowest BCUT2D eigenvalue weighted by Crippen LogP contribution is -2.40. The van der Waals surface area contributed by atoms with Gasteiger partial charge < -0.3 is 9.84 Å². The molecule has 0 bridgehead atoms. The molecule has 0 unspecified atom stereocenters. The molecule has 0 aliphatic heterocycles. The van der Waals surface area contributed by atoms with E-state index >= 15 is 0 Å². The summed E-state index contributed by atoms with van der Waals surface area (Å²) in [5, 5.41) is 9.21. The van der Waals surface area contributed by atoms with Crippen molar-refractivity contribution in [1.29, 1.82) is 0 Å². The number of hydrogen-bond donors (Lipinski definition) is 1. The lowest BCUT2D eigenvalue weighted by Gasteiger charge is -2.37. The zero-order valence-electron chi connectivity index (χ0n) is 9.70. The fraction of sp³-hybridized carbons (Fsp3) is 0.462. The first-order valence-electron chi connectivity index (χ1n) is 5.64.